The van der Waals surface area contributed by atoms with Crippen molar-refractivity contribution in [2.24, 2.45) is 0 Å². The van der Waals surface area contributed by atoms with Crippen LogP contribution in [0, 0.1) is 0 Å². The van der Waals surface area contributed by atoms with E-state index in [4.69, 9.17) is 0 Å². The number of nitrogens with zero attached hydrogens (tertiary/aromatic N) is 4. The SMILES string of the molecule is CNc1cc(-c2cncnc2)nc(C(C)(C)C)n1. The van der Waals surface area contributed by atoms with Crippen molar-refractivity contribution in [2.45, 2.75) is 26.2 Å². The van der Waals surface area contributed by atoms with Crippen LogP contribution in [0.4, 0.5) is 5.82 Å². The summed E-state index contributed by atoms with van der Waals surface area (Å²) in [6.07, 6.45) is 5.01. The summed E-state index contributed by atoms with van der Waals surface area (Å²) in [6.45, 7) is 6.27. The second-order valence-corrected chi connectivity index (χ2v) is 5.09. The van der Waals surface area contributed by atoms with Gasteiger partial charge in [-0.15, -0.1) is 0 Å². The molecule has 0 fully saturated rings. The Hall–Kier alpha value is -2.04. The van der Waals surface area contributed by atoms with Gasteiger partial charge < -0.3 is 5.32 Å². The Kier molecular flexibility index (Phi) is 3.23. The fraction of sp³-hybridized carbons (Fsp3) is 0.385. The molecule has 0 radical (unpaired) electrons. The summed E-state index contributed by atoms with van der Waals surface area (Å²) in [5.74, 6) is 1.60. The lowest BCUT2D eigenvalue weighted by Gasteiger charge is -2.18. The molecule has 5 nitrogen and oxygen atoms in total. The van der Waals surface area contributed by atoms with Crippen molar-refractivity contribution in [2.75, 3.05) is 12.4 Å². The Morgan fingerprint density at radius 1 is 1.06 bits per heavy atom. The van der Waals surface area contributed by atoms with Gasteiger partial charge in [-0.05, 0) is 0 Å². The normalized spacial score (nSPS) is 11.3. The second-order valence-electron chi connectivity index (χ2n) is 5.09. The number of hydrogen-bond donors (Lipinski definition) is 1. The third-order valence-corrected chi connectivity index (χ3v) is 2.51. The lowest BCUT2D eigenvalue weighted by molar-refractivity contribution is 0.547. The average molecular weight is 243 g/mol. The van der Waals surface area contributed by atoms with Crippen LogP contribution in [0.3, 0.4) is 0 Å². The predicted molar refractivity (Wildman–Crippen MR) is 71.3 cm³/mol. The van der Waals surface area contributed by atoms with Crippen molar-refractivity contribution in [1.29, 1.82) is 0 Å². The molecule has 2 heterocycles. The van der Waals surface area contributed by atoms with E-state index in [1.165, 1.54) is 6.33 Å². The maximum absolute atomic E-state index is 4.59. The molecule has 0 spiro atoms. The molecule has 0 atom stereocenters. The van der Waals surface area contributed by atoms with Crippen molar-refractivity contribution in [1.82, 2.24) is 19.9 Å². The Labute approximate surface area is 107 Å². The summed E-state index contributed by atoms with van der Waals surface area (Å²) in [5.41, 5.74) is 1.62. The summed E-state index contributed by atoms with van der Waals surface area (Å²) in [4.78, 5) is 17.1. The van der Waals surface area contributed by atoms with Crippen LogP contribution in [0.1, 0.15) is 26.6 Å². The van der Waals surface area contributed by atoms with Crippen molar-refractivity contribution in [3.8, 4) is 11.3 Å². The standard InChI is InChI=1S/C13H17N5/c1-13(2,3)12-17-10(5-11(14-4)18-12)9-6-15-8-16-7-9/h5-8H,1-4H3,(H,14,17,18). The van der Waals surface area contributed by atoms with Crippen LogP contribution in [-0.4, -0.2) is 27.0 Å². The zero-order valence-electron chi connectivity index (χ0n) is 11.1. The van der Waals surface area contributed by atoms with Crippen molar-refractivity contribution < 1.29 is 0 Å². The molecule has 0 unspecified atom stereocenters. The first-order valence-corrected chi connectivity index (χ1v) is 5.83. The van der Waals surface area contributed by atoms with Gasteiger partial charge in [0, 0.05) is 36.5 Å². The van der Waals surface area contributed by atoms with Gasteiger partial charge in [-0.3, -0.25) is 0 Å². The van der Waals surface area contributed by atoms with Gasteiger partial charge in [-0.25, -0.2) is 19.9 Å². The molecule has 0 aromatic carbocycles. The largest absolute Gasteiger partial charge is 0.373 e. The Bertz CT molecular complexity index is 531. The molecular weight excluding hydrogens is 226 g/mol. The van der Waals surface area contributed by atoms with Gasteiger partial charge in [0.25, 0.3) is 0 Å². The minimum atomic E-state index is -0.1000. The zero-order chi connectivity index (χ0) is 13.2. The van der Waals surface area contributed by atoms with Gasteiger partial charge in [-0.1, -0.05) is 20.8 Å². The number of nitrogens with one attached hydrogen (secondary N) is 1. The van der Waals surface area contributed by atoms with E-state index in [2.05, 4.69) is 46.0 Å². The number of anilines is 1. The van der Waals surface area contributed by atoms with E-state index in [1.807, 2.05) is 13.1 Å². The van der Waals surface area contributed by atoms with Crippen LogP contribution >= 0.6 is 0 Å². The molecule has 0 aliphatic heterocycles. The third kappa shape index (κ3) is 2.61. The first-order valence-electron chi connectivity index (χ1n) is 5.83. The molecule has 1 N–H and O–H groups in total. The third-order valence-electron chi connectivity index (χ3n) is 2.51. The first kappa shape index (κ1) is 12.4. The smallest absolute Gasteiger partial charge is 0.136 e. The predicted octanol–water partition coefficient (Wildman–Crippen LogP) is 2.27. The van der Waals surface area contributed by atoms with E-state index in [9.17, 15) is 0 Å². The van der Waals surface area contributed by atoms with Crippen molar-refractivity contribution in [3.05, 3.63) is 30.6 Å². The first-order chi connectivity index (χ1) is 8.50. The van der Waals surface area contributed by atoms with Gasteiger partial charge in [-0.2, -0.15) is 0 Å². The van der Waals surface area contributed by atoms with E-state index in [0.29, 0.717) is 0 Å². The van der Waals surface area contributed by atoms with Gasteiger partial charge in [0.05, 0.1) is 5.69 Å². The molecule has 0 amide bonds. The highest BCUT2D eigenvalue weighted by Gasteiger charge is 2.19. The van der Waals surface area contributed by atoms with Gasteiger partial charge in [0.15, 0.2) is 0 Å². The Morgan fingerprint density at radius 2 is 1.72 bits per heavy atom. The van der Waals surface area contributed by atoms with E-state index in [-0.39, 0.29) is 5.41 Å². The van der Waals surface area contributed by atoms with Crippen LogP contribution in [0.25, 0.3) is 11.3 Å². The van der Waals surface area contributed by atoms with Crippen molar-refractivity contribution in [3.63, 3.8) is 0 Å². The van der Waals surface area contributed by atoms with Crippen molar-refractivity contribution >= 4 is 5.82 Å². The molecule has 5 heteroatoms. The maximum Gasteiger partial charge on any atom is 0.136 e. The molecule has 94 valence electrons. The minimum absolute atomic E-state index is 0.1000. The molecule has 2 rings (SSSR count). The van der Waals surface area contributed by atoms with Crippen LogP contribution in [-0.2, 0) is 5.41 Å². The fourth-order valence-corrected chi connectivity index (χ4v) is 1.49. The fourth-order valence-electron chi connectivity index (χ4n) is 1.49. The van der Waals surface area contributed by atoms with Crippen LogP contribution < -0.4 is 5.32 Å². The molecule has 0 aliphatic rings. The molecule has 18 heavy (non-hydrogen) atoms. The minimum Gasteiger partial charge on any atom is -0.373 e. The van der Waals surface area contributed by atoms with E-state index >= 15 is 0 Å². The highest BCUT2D eigenvalue weighted by Crippen LogP contribution is 2.24. The second kappa shape index (κ2) is 4.68. The average Bonchev–Trinajstić information content (AvgIpc) is 2.38. The molecule has 0 bridgehead atoms. The highest BCUT2D eigenvalue weighted by molar-refractivity contribution is 5.60. The molecule has 0 aliphatic carbocycles. The summed E-state index contributed by atoms with van der Waals surface area (Å²) < 4.78 is 0. The van der Waals surface area contributed by atoms with E-state index < -0.39 is 0 Å². The van der Waals surface area contributed by atoms with E-state index in [1.54, 1.807) is 12.4 Å². The van der Waals surface area contributed by atoms with Gasteiger partial charge in [0.1, 0.15) is 18.0 Å². The molecule has 2 aromatic heterocycles. The number of aromatic nitrogens is 4. The topological polar surface area (TPSA) is 63.6 Å². The quantitative estimate of drug-likeness (QED) is 0.876. The molecular formula is C13H17N5. The number of rotatable bonds is 2. The zero-order valence-corrected chi connectivity index (χ0v) is 11.1. The summed E-state index contributed by atoms with van der Waals surface area (Å²) >= 11 is 0. The monoisotopic (exact) mass is 243 g/mol. The summed E-state index contributed by atoms with van der Waals surface area (Å²) in [6, 6.07) is 1.90. The molecule has 2 aromatic rings. The lowest BCUT2D eigenvalue weighted by atomic mass is 9.95. The van der Waals surface area contributed by atoms with Crippen LogP contribution in [0.2, 0.25) is 0 Å². The van der Waals surface area contributed by atoms with Gasteiger partial charge >= 0.3 is 0 Å². The number of hydrogen-bond acceptors (Lipinski definition) is 5. The maximum atomic E-state index is 4.59. The molecule has 0 saturated carbocycles. The lowest BCUT2D eigenvalue weighted by Crippen LogP contribution is -2.17. The molecule has 0 saturated heterocycles. The highest BCUT2D eigenvalue weighted by atomic mass is 15.0. The van der Waals surface area contributed by atoms with Gasteiger partial charge in [0.2, 0.25) is 0 Å². The summed E-state index contributed by atoms with van der Waals surface area (Å²) in [7, 11) is 1.85. The Balaban J connectivity index is 2.55. The van der Waals surface area contributed by atoms with Crippen LogP contribution in [0.5, 0.6) is 0 Å². The summed E-state index contributed by atoms with van der Waals surface area (Å²) in [5, 5.41) is 3.06. The van der Waals surface area contributed by atoms with E-state index in [0.717, 1.165) is 22.9 Å². The van der Waals surface area contributed by atoms with Crippen LogP contribution in [0.15, 0.2) is 24.8 Å². The Morgan fingerprint density at radius 3 is 2.28 bits per heavy atom.